The molecule has 7 nitrogen and oxygen atoms in total. The number of halogens is 2. The van der Waals surface area contributed by atoms with Gasteiger partial charge in [0.05, 0.1) is 12.2 Å². The van der Waals surface area contributed by atoms with Crippen LogP contribution in [-0.4, -0.2) is 52.5 Å². The van der Waals surface area contributed by atoms with Crippen molar-refractivity contribution in [2.24, 2.45) is 5.92 Å². The molecule has 1 N–H and O–H groups in total. The van der Waals surface area contributed by atoms with Crippen LogP contribution in [0.15, 0.2) is 24.4 Å². The summed E-state index contributed by atoms with van der Waals surface area (Å²) in [4.78, 5) is 26.9. The van der Waals surface area contributed by atoms with Crippen molar-refractivity contribution in [3.63, 3.8) is 0 Å². The Balaban J connectivity index is 1.65. The van der Waals surface area contributed by atoms with Gasteiger partial charge in [0.15, 0.2) is 0 Å². The number of para-hydroxylation sites is 1. The third-order valence-electron chi connectivity index (χ3n) is 5.94. The Morgan fingerprint density at radius 3 is 2.73 bits per heavy atom. The van der Waals surface area contributed by atoms with E-state index >= 15 is 0 Å². The van der Waals surface area contributed by atoms with Gasteiger partial charge in [0.2, 0.25) is 5.28 Å². The second kappa shape index (κ2) is 8.49. The smallest absolute Gasteiger partial charge is 0.376 e. The summed E-state index contributed by atoms with van der Waals surface area (Å²) in [5.41, 5.74) is 1.69. The van der Waals surface area contributed by atoms with Crippen molar-refractivity contribution in [2.75, 3.05) is 29.4 Å². The van der Waals surface area contributed by atoms with Crippen LogP contribution in [0, 0.1) is 18.7 Å². The molecule has 2 aliphatic rings. The fourth-order valence-electron chi connectivity index (χ4n) is 4.27. The lowest BCUT2D eigenvalue weighted by Crippen LogP contribution is -2.51. The minimum Gasteiger partial charge on any atom is -0.437 e. The lowest BCUT2D eigenvalue weighted by Gasteiger charge is -2.40. The molecule has 2 aliphatic heterocycles. The molecule has 3 heterocycles. The zero-order valence-electron chi connectivity index (χ0n) is 17.1. The van der Waals surface area contributed by atoms with Crippen molar-refractivity contribution in [1.29, 1.82) is 0 Å². The monoisotopic (exact) mass is 431 g/mol. The molecule has 1 saturated heterocycles. The van der Waals surface area contributed by atoms with Gasteiger partial charge >= 0.3 is 13.1 Å². The van der Waals surface area contributed by atoms with E-state index in [2.05, 4.69) is 9.97 Å². The van der Waals surface area contributed by atoms with Crippen LogP contribution in [0.4, 0.5) is 20.7 Å². The van der Waals surface area contributed by atoms with Gasteiger partial charge in [0, 0.05) is 18.3 Å². The van der Waals surface area contributed by atoms with Crippen LogP contribution in [0.3, 0.4) is 0 Å². The van der Waals surface area contributed by atoms with Crippen LogP contribution < -0.4 is 9.80 Å². The Morgan fingerprint density at radius 2 is 2.07 bits per heavy atom. The number of fused-ring (bicyclic) bond motifs is 1. The van der Waals surface area contributed by atoms with E-state index in [1.54, 1.807) is 37.0 Å². The lowest BCUT2D eigenvalue weighted by molar-refractivity contribution is 0.236. The number of anilines is 2. The molecular formula is C20H24BClFN5O2. The normalized spacial score (nSPS) is 18.0. The summed E-state index contributed by atoms with van der Waals surface area (Å²) in [5, 5.41) is 9.86. The number of aromatic nitrogens is 2. The van der Waals surface area contributed by atoms with Crippen molar-refractivity contribution >= 4 is 36.2 Å². The molecule has 1 fully saturated rings. The summed E-state index contributed by atoms with van der Waals surface area (Å²) >= 11 is 6.02. The van der Waals surface area contributed by atoms with Crippen LogP contribution >= 0.6 is 11.6 Å². The molecule has 2 aromatic rings. The van der Waals surface area contributed by atoms with E-state index in [9.17, 15) is 14.2 Å². The van der Waals surface area contributed by atoms with Crippen LogP contribution in [-0.2, 0) is 6.54 Å². The molecule has 0 spiro atoms. The number of aryl methyl sites for hydroxylation is 1. The van der Waals surface area contributed by atoms with Gasteiger partial charge in [-0.15, -0.1) is 0 Å². The van der Waals surface area contributed by atoms with E-state index in [1.165, 1.54) is 11.0 Å². The van der Waals surface area contributed by atoms with Gasteiger partial charge in [-0.25, -0.2) is 14.2 Å². The first kappa shape index (κ1) is 21.0. The highest BCUT2D eigenvalue weighted by Crippen LogP contribution is 2.35. The minimum absolute atomic E-state index is 0.0750. The summed E-state index contributed by atoms with van der Waals surface area (Å²) in [6.07, 6.45) is 3.30. The number of hydrogen-bond acceptors (Lipinski definition) is 5. The standard InChI is InChI=1S/C20H24BClFN5O2/c1-13-4-3-5-16(23)17(13)27-12-15-10-24-19(22)25-18(15)28(20(27)29)11-14-6-8-26(9-7-14)21(2)30/h3-5,10,14,30H,6-9,11-12H2,1-2H3. The predicted octanol–water partition coefficient (Wildman–Crippen LogP) is 3.35. The van der Waals surface area contributed by atoms with Gasteiger partial charge in [-0.1, -0.05) is 12.1 Å². The second-order valence-electron chi connectivity index (χ2n) is 7.98. The molecule has 10 heteroatoms. The summed E-state index contributed by atoms with van der Waals surface area (Å²) in [7, 11) is -0.477. The Kier molecular flexibility index (Phi) is 5.95. The maximum atomic E-state index is 14.7. The van der Waals surface area contributed by atoms with E-state index in [0.29, 0.717) is 17.9 Å². The number of nitrogens with zero attached hydrogens (tertiary/aromatic N) is 5. The van der Waals surface area contributed by atoms with Crippen molar-refractivity contribution in [3.05, 3.63) is 46.6 Å². The quantitative estimate of drug-likeness (QED) is 0.594. The number of amides is 2. The number of hydrogen-bond donors (Lipinski definition) is 1. The van der Waals surface area contributed by atoms with Crippen molar-refractivity contribution < 1.29 is 14.2 Å². The highest BCUT2D eigenvalue weighted by molar-refractivity contribution is 6.45. The number of carbonyl (C=O) groups excluding carboxylic acids is 1. The van der Waals surface area contributed by atoms with Crippen LogP contribution in [0.5, 0.6) is 0 Å². The van der Waals surface area contributed by atoms with Crippen molar-refractivity contribution in [3.8, 4) is 0 Å². The maximum Gasteiger partial charge on any atom is 0.376 e. The number of benzene rings is 1. The summed E-state index contributed by atoms with van der Waals surface area (Å²) in [6.45, 7) is 5.71. The fraction of sp³-hybridized carbons (Fsp3) is 0.450. The van der Waals surface area contributed by atoms with Crippen molar-refractivity contribution in [1.82, 2.24) is 14.8 Å². The zero-order chi connectivity index (χ0) is 21.4. The Bertz CT molecular complexity index is 935. The molecule has 1 aromatic heterocycles. The number of piperidine rings is 1. The van der Waals surface area contributed by atoms with Gasteiger partial charge in [0.1, 0.15) is 11.6 Å². The van der Waals surface area contributed by atoms with Crippen LogP contribution in [0.25, 0.3) is 0 Å². The predicted molar refractivity (Wildman–Crippen MR) is 115 cm³/mol. The SMILES string of the molecule is CB(O)N1CCC(CN2C(=O)N(c3c(C)cccc3F)Cc3cnc(Cl)nc32)CC1. The summed E-state index contributed by atoms with van der Waals surface area (Å²) in [6, 6.07) is 4.46. The van der Waals surface area contributed by atoms with Gasteiger partial charge in [-0.3, -0.25) is 9.80 Å². The lowest BCUT2D eigenvalue weighted by atomic mass is 9.81. The van der Waals surface area contributed by atoms with E-state index in [0.717, 1.165) is 31.5 Å². The van der Waals surface area contributed by atoms with Gasteiger partial charge < -0.3 is 9.83 Å². The molecule has 4 rings (SSSR count). The molecule has 0 atom stereocenters. The molecule has 2 amide bonds. The molecular weight excluding hydrogens is 408 g/mol. The molecule has 0 aliphatic carbocycles. The van der Waals surface area contributed by atoms with Gasteiger partial charge in [-0.05, 0) is 68.8 Å². The molecule has 0 radical (unpaired) electrons. The van der Waals surface area contributed by atoms with Crippen molar-refractivity contribution in [2.45, 2.75) is 33.1 Å². The zero-order valence-corrected chi connectivity index (χ0v) is 17.8. The minimum atomic E-state index is -0.477. The molecule has 0 saturated carbocycles. The second-order valence-corrected chi connectivity index (χ2v) is 8.32. The Hall–Kier alpha value is -2.23. The first-order valence-corrected chi connectivity index (χ1v) is 10.5. The largest absolute Gasteiger partial charge is 0.437 e. The van der Waals surface area contributed by atoms with E-state index in [4.69, 9.17) is 11.6 Å². The summed E-state index contributed by atoms with van der Waals surface area (Å²) < 4.78 is 14.7. The third-order valence-corrected chi connectivity index (χ3v) is 6.12. The molecule has 0 bridgehead atoms. The van der Waals surface area contributed by atoms with E-state index < -0.39 is 12.9 Å². The van der Waals surface area contributed by atoms with E-state index in [1.807, 2.05) is 4.81 Å². The average Bonchev–Trinajstić information content (AvgIpc) is 2.71. The molecule has 0 unspecified atom stereocenters. The molecule has 158 valence electrons. The molecule has 30 heavy (non-hydrogen) atoms. The van der Waals surface area contributed by atoms with Crippen LogP contribution in [0.2, 0.25) is 12.1 Å². The average molecular weight is 432 g/mol. The Labute approximate surface area is 180 Å². The topological polar surface area (TPSA) is 72.8 Å². The first-order valence-electron chi connectivity index (χ1n) is 10.1. The highest BCUT2D eigenvalue weighted by atomic mass is 35.5. The van der Waals surface area contributed by atoms with Gasteiger partial charge in [-0.2, -0.15) is 4.98 Å². The Morgan fingerprint density at radius 1 is 1.33 bits per heavy atom. The summed E-state index contributed by atoms with van der Waals surface area (Å²) in [5.74, 6) is 0.294. The van der Waals surface area contributed by atoms with Crippen LogP contribution in [0.1, 0.15) is 24.0 Å². The third kappa shape index (κ3) is 4.01. The maximum absolute atomic E-state index is 14.7. The number of carbonyl (C=O) groups is 1. The first-order chi connectivity index (χ1) is 14.3. The number of urea groups is 1. The highest BCUT2D eigenvalue weighted by Gasteiger charge is 2.37. The molecule has 1 aromatic carbocycles. The fourth-order valence-corrected chi connectivity index (χ4v) is 4.40. The van der Waals surface area contributed by atoms with E-state index in [-0.39, 0.29) is 29.5 Å². The van der Waals surface area contributed by atoms with Gasteiger partial charge in [0.25, 0.3) is 0 Å². The number of rotatable bonds is 4.